The minimum Gasteiger partial charge on any atom is -0.352 e. The zero-order chi connectivity index (χ0) is 11.1. The monoisotopic (exact) mass is 210 g/mol. The lowest BCUT2D eigenvalue weighted by molar-refractivity contribution is -0.121. The molecule has 5 heteroatoms. The van der Waals surface area contributed by atoms with Crippen LogP contribution in [0, 0.1) is 6.92 Å². The number of nitrogens with zero attached hydrogens (tertiary/aromatic N) is 1. The molecule has 0 atom stereocenters. The molecule has 0 saturated heterocycles. The van der Waals surface area contributed by atoms with Crippen molar-refractivity contribution in [2.24, 2.45) is 0 Å². The number of aromatic amines is 1. The summed E-state index contributed by atoms with van der Waals surface area (Å²) in [5, 5.41) is 12.7. The number of H-pyrrole nitrogens is 1. The van der Waals surface area contributed by atoms with Gasteiger partial charge in [0.25, 0.3) is 0 Å². The van der Waals surface area contributed by atoms with Crippen molar-refractivity contribution < 1.29 is 4.79 Å². The Balaban J connectivity index is 2.20. The van der Waals surface area contributed by atoms with E-state index < -0.39 is 0 Å². The third-order valence-electron chi connectivity index (χ3n) is 2.19. The fourth-order valence-electron chi connectivity index (χ4n) is 1.21. The third kappa shape index (κ3) is 4.12. The Morgan fingerprint density at radius 2 is 2.40 bits per heavy atom. The zero-order valence-electron chi connectivity index (χ0n) is 9.26. The van der Waals surface area contributed by atoms with Crippen molar-refractivity contribution in [3.8, 4) is 0 Å². The molecule has 0 fully saturated rings. The molecule has 1 rings (SSSR count). The van der Waals surface area contributed by atoms with Gasteiger partial charge in [-0.3, -0.25) is 9.89 Å². The number of amides is 1. The number of carbonyl (C=O) groups is 1. The molecule has 0 bridgehead atoms. The number of aromatic nitrogens is 2. The van der Waals surface area contributed by atoms with E-state index in [2.05, 4.69) is 20.8 Å². The molecule has 5 nitrogen and oxygen atoms in total. The molecule has 1 aromatic heterocycles. The predicted octanol–water partition coefficient (Wildman–Crippen LogP) is 0.334. The van der Waals surface area contributed by atoms with Gasteiger partial charge in [-0.1, -0.05) is 6.92 Å². The summed E-state index contributed by atoms with van der Waals surface area (Å²) in [4.78, 5) is 11.3. The van der Waals surface area contributed by atoms with Crippen LogP contribution in [0.15, 0.2) is 6.20 Å². The van der Waals surface area contributed by atoms with Crippen molar-refractivity contribution in [3.63, 3.8) is 0 Å². The van der Waals surface area contributed by atoms with Crippen LogP contribution in [0.3, 0.4) is 0 Å². The Labute approximate surface area is 89.6 Å². The summed E-state index contributed by atoms with van der Waals surface area (Å²) in [6, 6.07) is 0. The maximum atomic E-state index is 11.3. The van der Waals surface area contributed by atoms with E-state index in [4.69, 9.17) is 0 Å². The van der Waals surface area contributed by atoms with Crippen LogP contribution in [0.5, 0.6) is 0 Å². The van der Waals surface area contributed by atoms with E-state index in [0.717, 1.165) is 24.3 Å². The lowest BCUT2D eigenvalue weighted by Crippen LogP contribution is -2.27. The highest BCUT2D eigenvalue weighted by Crippen LogP contribution is 2.01. The standard InChI is InChI=1S/C10H18N4O/c1-3-11-5-4-10(15)12-6-9-7-13-14-8(9)2/h7,11H,3-6H2,1-2H3,(H,12,15)(H,13,14). The van der Waals surface area contributed by atoms with Crippen molar-refractivity contribution in [1.29, 1.82) is 0 Å². The van der Waals surface area contributed by atoms with Crippen LogP contribution in [-0.2, 0) is 11.3 Å². The molecular formula is C10H18N4O. The first-order valence-electron chi connectivity index (χ1n) is 5.20. The molecule has 0 aliphatic heterocycles. The number of rotatable bonds is 6. The molecule has 0 aliphatic rings. The lowest BCUT2D eigenvalue weighted by Gasteiger charge is -2.04. The number of nitrogens with one attached hydrogen (secondary N) is 3. The quantitative estimate of drug-likeness (QED) is 0.593. The van der Waals surface area contributed by atoms with Gasteiger partial charge in [0.05, 0.1) is 6.20 Å². The Morgan fingerprint density at radius 1 is 1.60 bits per heavy atom. The average Bonchev–Trinajstić information content (AvgIpc) is 2.61. The second-order valence-corrected chi connectivity index (χ2v) is 3.40. The Bertz CT molecular complexity index is 308. The van der Waals surface area contributed by atoms with E-state index in [1.165, 1.54) is 0 Å². The average molecular weight is 210 g/mol. The summed E-state index contributed by atoms with van der Waals surface area (Å²) in [7, 11) is 0. The van der Waals surface area contributed by atoms with E-state index in [1.807, 2.05) is 13.8 Å². The number of hydrogen-bond acceptors (Lipinski definition) is 3. The van der Waals surface area contributed by atoms with Gasteiger partial charge in [0.15, 0.2) is 0 Å². The van der Waals surface area contributed by atoms with Crippen LogP contribution >= 0.6 is 0 Å². The number of aryl methyl sites for hydroxylation is 1. The molecule has 84 valence electrons. The summed E-state index contributed by atoms with van der Waals surface area (Å²) in [6.07, 6.45) is 2.25. The molecule has 0 radical (unpaired) electrons. The van der Waals surface area contributed by atoms with Crippen molar-refractivity contribution in [2.45, 2.75) is 26.8 Å². The van der Waals surface area contributed by atoms with Gasteiger partial charge >= 0.3 is 0 Å². The van der Waals surface area contributed by atoms with E-state index in [1.54, 1.807) is 6.20 Å². The minimum absolute atomic E-state index is 0.0663. The molecule has 0 unspecified atom stereocenters. The molecule has 0 aliphatic carbocycles. The number of carbonyl (C=O) groups excluding carboxylic acids is 1. The second kappa shape index (κ2) is 6.19. The van der Waals surface area contributed by atoms with Gasteiger partial charge in [0, 0.05) is 30.8 Å². The fraction of sp³-hybridized carbons (Fsp3) is 0.600. The van der Waals surface area contributed by atoms with Gasteiger partial charge in [-0.25, -0.2) is 0 Å². The first kappa shape index (κ1) is 11.7. The van der Waals surface area contributed by atoms with E-state index in [9.17, 15) is 4.79 Å². The molecule has 1 aromatic rings. The summed E-state index contributed by atoms with van der Waals surface area (Å²) in [6.45, 7) is 6.13. The van der Waals surface area contributed by atoms with Crippen molar-refractivity contribution in [3.05, 3.63) is 17.5 Å². The van der Waals surface area contributed by atoms with Gasteiger partial charge in [-0.15, -0.1) is 0 Å². The maximum absolute atomic E-state index is 11.3. The molecule has 1 amide bonds. The highest BCUT2D eigenvalue weighted by atomic mass is 16.1. The first-order chi connectivity index (χ1) is 7.24. The third-order valence-corrected chi connectivity index (χ3v) is 2.19. The molecule has 0 aromatic carbocycles. The van der Waals surface area contributed by atoms with Crippen LogP contribution in [0.4, 0.5) is 0 Å². The smallest absolute Gasteiger partial charge is 0.221 e. The molecule has 3 N–H and O–H groups in total. The second-order valence-electron chi connectivity index (χ2n) is 3.40. The summed E-state index contributed by atoms with van der Waals surface area (Å²) in [5.41, 5.74) is 2.04. The Morgan fingerprint density at radius 3 is 3.00 bits per heavy atom. The maximum Gasteiger partial charge on any atom is 0.221 e. The highest BCUT2D eigenvalue weighted by molar-refractivity contribution is 5.76. The first-order valence-corrected chi connectivity index (χ1v) is 5.20. The fourth-order valence-corrected chi connectivity index (χ4v) is 1.21. The van der Waals surface area contributed by atoms with Crippen molar-refractivity contribution >= 4 is 5.91 Å². The summed E-state index contributed by atoms with van der Waals surface area (Å²) < 4.78 is 0. The Kier molecular flexibility index (Phi) is 4.83. The van der Waals surface area contributed by atoms with Crippen LogP contribution < -0.4 is 10.6 Å². The van der Waals surface area contributed by atoms with Gasteiger partial charge in [-0.05, 0) is 13.5 Å². The SMILES string of the molecule is CCNCCC(=O)NCc1cn[nH]c1C. The minimum atomic E-state index is 0.0663. The summed E-state index contributed by atoms with van der Waals surface area (Å²) in [5.74, 6) is 0.0663. The molecule has 0 spiro atoms. The van der Waals surface area contributed by atoms with Gasteiger partial charge < -0.3 is 10.6 Å². The Hall–Kier alpha value is -1.36. The molecule has 1 heterocycles. The molecule has 15 heavy (non-hydrogen) atoms. The lowest BCUT2D eigenvalue weighted by atomic mass is 10.2. The normalized spacial score (nSPS) is 10.3. The largest absolute Gasteiger partial charge is 0.352 e. The van der Waals surface area contributed by atoms with Crippen molar-refractivity contribution in [1.82, 2.24) is 20.8 Å². The van der Waals surface area contributed by atoms with E-state index in [0.29, 0.717) is 13.0 Å². The van der Waals surface area contributed by atoms with Gasteiger partial charge in [-0.2, -0.15) is 5.10 Å². The zero-order valence-corrected chi connectivity index (χ0v) is 9.26. The van der Waals surface area contributed by atoms with E-state index >= 15 is 0 Å². The van der Waals surface area contributed by atoms with Crippen molar-refractivity contribution in [2.75, 3.05) is 13.1 Å². The highest BCUT2D eigenvalue weighted by Gasteiger charge is 2.03. The predicted molar refractivity (Wildman–Crippen MR) is 58.3 cm³/mol. The van der Waals surface area contributed by atoms with Gasteiger partial charge in [0.1, 0.15) is 0 Å². The summed E-state index contributed by atoms with van der Waals surface area (Å²) >= 11 is 0. The molecular weight excluding hydrogens is 192 g/mol. The van der Waals surface area contributed by atoms with Crippen LogP contribution in [0.1, 0.15) is 24.6 Å². The van der Waals surface area contributed by atoms with Crippen LogP contribution in [-0.4, -0.2) is 29.2 Å². The number of hydrogen-bond donors (Lipinski definition) is 3. The van der Waals surface area contributed by atoms with E-state index in [-0.39, 0.29) is 5.91 Å². The van der Waals surface area contributed by atoms with Gasteiger partial charge in [0.2, 0.25) is 5.91 Å². The van der Waals surface area contributed by atoms with Crippen LogP contribution in [0.25, 0.3) is 0 Å². The van der Waals surface area contributed by atoms with Crippen LogP contribution in [0.2, 0.25) is 0 Å². The topological polar surface area (TPSA) is 69.8 Å². The molecule has 0 saturated carbocycles.